The summed E-state index contributed by atoms with van der Waals surface area (Å²) >= 11 is 0. The molecule has 1 unspecified atom stereocenters. The number of nitrogens with one attached hydrogen (secondary N) is 1. The van der Waals surface area contributed by atoms with Gasteiger partial charge in [0.2, 0.25) is 0 Å². The van der Waals surface area contributed by atoms with Crippen LogP contribution in [0.4, 0.5) is 0 Å². The van der Waals surface area contributed by atoms with Gasteiger partial charge in [0.05, 0.1) is 0 Å². The largest absolute Gasteiger partial charge is 0.302 e. The first kappa shape index (κ1) is 9.58. The van der Waals surface area contributed by atoms with E-state index in [9.17, 15) is 0 Å². The third kappa shape index (κ3) is 2.09. The molecule has 1 fully saturated rings. The molecule has 5 nitrogen and oxygen atoms in total. The van der Waals surface area contributed by atoms with E-state index in [0.29, 0.717) is 5.92 Å². The van der Waals surface area contributed by atoms with E-state index in [2.05, 4.69) is 39.4 Å². The molecule has 0 amide bonds. The molecule has 1 aromatic rings. The summed E-state index contributed by atoms with van der Waals surface area (Å²) in [6.07, 6.45) is 1.16. The first-order chi connectivity index (χ1) is 6.75. The second-order valence-corrected chi connectivity index (χ2v) is 4.41. The summed E-state index contributed by atoms with van der Waals surface area (Å²) in [5.74, 6) is 2.09. The molecule has 1 aromatic heterocycles. The molecule has 0 bridgehead atoms. The van der Waals surface area contributed by atoms with Crippen LogP contribution >= 0.6 is 0 Å². The van der Waals surface area contributed by atoms with Gasteiger partial charge in [0.25, 0.3) is 0 Å². The van der Waals surface area contributed by atoms with Gasteiger partial charge >= 0.3 is 0 Å². The minimum Gasteiger partial charge on any atom is -0.302 e. The Morgan fingerprint density at radius 2 is 2.43 bits per heavy atom. The highest BCUT2D eigenvalue weighted by Crippen LogP contribution is 2.24. The molecule has 1 atom stereocenters. The quantitative estimate of drug-likeness (QED) is 0.769. The van der Waals surface area contributed by atoms with Crippen LogP contribution in [0.2, 0.25) is 0 Å². The molecule has 1 N–H and O–H groups in total. The van der Waals surface area contributed by atoms with Gasteiger partial charge in [0.15, 0.2) is 5.82 Å². The van der Waals surface area contributed by atoms with E-state index in [4.69, 9.17) is 0 Å². The maximum absolute atomic E-state index is 4.04. The Kier molecular flexibility index (Phi) is 2.77. The lowest BCUT2D eigenvalue weighted by atomic mass is 10.1. The van der Waals surface area contributed by atoms with Crippen LogP contribution in [0.15, 0.2) is 0 Å². The van der Waals surface area contributed by atoms with Crippen LogP contribution in [-0.2, 0) is 0 Å². The Hall–Kier alpha value is -0.970. The predicted octanol–water partition coefficient (Wildman–Crippen LogP) is 0.645. The van der Waals surface area contributed by atoms with E-state index < -0.39 is 0 Å². The van der Waals surface area contributed by atoms with Crippen molar-refractivity contribution in [1.82, 2.24) is 25.5 Å². The Morgan fingerprint density at radius 3 is 3.07 bits per heavy atom. The van der Waals surface area contributed by atoms with Gasteiger partial charge in [-0.3, -0.25) is 0 Å². The highest BCUT2D eigenvalue weighted by atomic mass is 15.5. The number of H-pyrrole nitrogens is 1. The molecule has 5 heteroatoms. The van der Waals surface area contributed by atoms with E-state index >= 15 is 0 Å². The van der Waals surface area contributed by atoms with Gasteiger partial charge in [0.1, 0.15) is 0 Å². The summed E-state index contributed by atoms with van der Waals surface area (Å²) in [5, 5.41) is 14.2. The molecule has 2 rings (SSSR count). The van der Waals surface area contributed by atoms with Crippen molar-refractivity contribution >= 4 is 0 Å². The van der Waals surface area contributed by atoms with Crippen LogP contribution in [0.5, 0.6) is 0 Å². The van der Waals surface area contributed by atoms with Gasteiger partial charge < -0.3 is 4.90 Å². The third-order valence-electron chi connectivity index (χ3n) is 2.62. The number of tetrazole rings is 1. The zero-order chi connectivity index (χ0) is 9.97. The van der Waals surface area contributed by atoms with Crippen molar-refractivity contribution in [2.75, 3.05) is 19.6 Å². The lowest BCUT2D eigenvalue weighted by Gasteiger charge is -2.17. The van der Waals surface area contributed by atoms with E-state index in [-0.39, 0.29) is 0 Å². The first-order valence-electron chi connectivity index (χ1n) is 5.21. The summed E-state index contributed by atoms with van der Waals surface area (Å²) in [6, 6.07) is 0. The zero-order valence-corrected chi connectivity index (χ0v) is 8.77. The molecule has 14 heavy (non-hydrogen) atoms. The molecule has 0 aliphatic carbocycles. The van der Waals surface area contributed by atoms with Crippen LogP contribution in [0, 0.1) is 5.92 Å². The fourth-order valence-corrected chi connectivity index (χ4v) is 2.07. The van der Waals surface area contributed by atoms with Gasteiger partial charge in [0, 0.05) is 19.0 Å². The Bertz CT molecular complexity index is 269. The Balaban J connectivity index is 1.89. The second-order valence-electron chi connectivity index (χ2n) is 4.41. The van der Waals surface area contributed by atoms with Gasteiger partial charge in [-0.25, -0.2) is 0 Å². The SMILES string of the molecule is CC(C)CN1CCC(c2nn[nH]n2)C1. The van der Waals surface area contributed by atoms with Crippen LogP contribution in [0.3, 0.4) is 0 Å². The maximum atomic E-state index is 4.04. The first-order valence-corrected chi connectivity index (χ1v) is 5.21. The smallest absolute Gasteiger partial charge is 0.178 e. The second kappa shape index (κ2) is 4.04. The van der Waals surface area contributed by atoms with Crippen LogP contribution in [0.25, 0.3) is 0 Å². The fraction of sp³-hybridized carbons (Fsp3) is 0.889. The molecular formula is C9H17N5. The van der Waals surface area contributed by atoms with Crippen molar-refractivity contribution in [2.45, 2.75) is 26.2 Å². The molecule has 1 aliphatic rings. The molecule has 0 saturated carbocycles. The van der Waals surface area contributed by atoms with Gasteiger partial charge in [-0.15, -0.1) is 10.2 Å². The van der Waals surface area contributed by atoms with Gasteiger partial charge in [-0.05, 0) is 18.9 Å². The lowest BCUT2D eigenvalue weighted by Crippen LogP contribution is -2.25. The highest BCUT2D eigenvalue weighted by molar-refractivity contribution is 4.96. The van der Waals surface area contributed by atoms with Crippen LogP contribution < -0.4 is 0 Å². The van der Waals surface area contributed by atoms with Crippen molar-refractivity contribution in [3.05, 3.63) is 5.82 Å². The van der Waals surface area contributed by atoms with E-state index in [1.54, 1.807) is 0 Å². The molecule has 0 radical (unpaired) electrons. The Labute approximate surface area is 83.9 Å². The number of likely N-dealkylation sites (tertiary alicyclic amines) is 1. The van der Waals surface area contributed by atoms with Crippen molar-refractivity contribution in [3.63, 3.8) is 0 Å². The molecule has 1 aliphatic heterocycles. The molecule has 0 aromatic carbocycles. The monoisotopic (exact) mass is 195 g/mol. The summed E-state index contributed by atoms with van der Waals surface area (Å²) in [4.78, 5) is 2.48. The average Bonchev–Trinajstić information content (AvgIpc) is 2.69. The number of hydrogen-bond donors (Lipinski definition) is 1. The van der Waals surface area contributed by atoms with E-state index in [1.807, 2.05) is 0 Å². The summed E-state index contributed by atoms with van der Waals surface area (Å²) in [7, 11) is 0. The van der Waals surface area contributed by atoms with Crippen molar-refractivity contribution in [2.24, 2.45) is 5.92 Å². The Morgan fingerprint density at radius 1 is 1.57 bits per heavy atom. The van der Waals surface area contributed by atoms with Crippen molar-refractivity contribution in [3.8, 4) is 0 Å². The van der Waals surface area contributed by atoms with Gasteiger partial charge in [-0.1, -0.05) is 19.1 Å². The maximum Gasteiger partial charge on any atom is 0.178 e. The number of aromatic nitrogens is 4. The number of nitrogens with zero attached hydrogens (tertiary/aromatic N) is 4. The molecule has 2 heterocycles. The number of rotatable bonds is 3. The van der Waals surface area contributed by atoms with Gasteiger partial charge in [-0.2, -0.15) is 5.21 Å². The zero-order valence-electron chi connectivity index (χ0n) is 8.77. The normalized spacial score (nSPS) is 23.5. The highest BCUT2D eigenvalue weighted by Gasteiger charge is 2.26. The summed E-state index contributed by atoms with van der Waals surface area (Å²) in [5.41, 5.74) is 0. The fourth-order valence-electron chi connectivity index (χ4n) is 2.07. The lowest BCUT2D eigenvalue weighted by molar-refractivity contribution is 0.294. The topological polar surface area (TPSA) is 57.7 Å². The van der Waals surface area contributed by atoms with Crippen molar-refractivity contribution < 1.29 is 0 Å². The number of aromatic amines is 1. The van der Waals surface area contributed by atoms with E-state index in [1.165, 1.54) is 6.54 Å². The molecule has 0 spiro atoms. The minimum atomic E-state index is 0.479. The minimum absolute atomic E-state index is 0.479. The van der Waals surface area contributed by atoms with E-state index in [0.717, 1.165) is 31.3 Å². The molecular weight excluding hydrogens is 178 g/mol. The average molecular weight is 195 g/mol. The molecule has 1 saturated heterocycles. The van der Waals surface area contributed by atoms with Crippen LogP contribution in [-0.4, -0.2) is 45.2 Å². The summed E-state index contributed by atoms with van der Waals surface area (Å²) in [6.45, 7) is 7.92. The third-order valence-corrected chi connectivity index (χ3v) is 2.62. The van der Waals surface area contributed by atoms with Crippen LogP contribution in [0.1, 0.15) is 32.0 Å². The van der Waals surface area contributed by atoms with Crippen molar-refractivity contribution in [1.29, 1.82) is 0 Å². The molecule has 78 valence electrons. The number of hydrogen-bond acceptors (Lipinski definition) is 4. The standard InChI is InChI=1S/C9H17N5/c1-7(2)5-14-4-3-8(6-14)9-10-12-13-11-9/h7-8H,3-6H2,1-2H3,(H,10,11,12,13). The summed E-state index contributed by atoms with van der Waals surface area (Å²) < 4.78 is 0. The predicted molar refractivity (Wildman–Crippen MR) is 52.8 cm³/mol.